The van der Waals surface area contributed by atoms with Gasteiger partial charge >= 0.3 is 0 Å². The fourth-order valence-corrected chi connectivity index (χ4v) is 5.39. The molecule has 0 bridgehead atoms. The van der Waals surface area contributed by atoms with E-state index in [2.05, 4.69) is 11.8 Å². The van der Waals surface area contributed by atoms with Crippen LogP contribution in [0.5, 0.6) is 0 Å². The van der Waals surface area contributed by atoms with Crippen molar-refractivity contribution in [2.75, 3.05) is 40.3 Å². The van der Waals surface area contributed by atoms with Crippen LogP contribution in [0.15, 0.2) is 48.5 Å². The van der Waals surface area contributed by atoms with Gasteiger partial charge in [0, 0.05) is 31.6 Å². The minimum Gasteiger partial charge on any atom is -0.394 e. The lowest BCUT2D eigenvalue weighted by molar-refractivity contribution is -0.137. The second-order valence-electron chi connectivity index (χ2n) is 10.4. The van der Waals surface area contributed by atoms with Gasteiger partial charge in [0.1, 0.15) is 0 Å². The van der Waals surface area contributed by atoms with Crippen LogP contribution >= 0.6 is 0 Å². The Balaban J connectivity index is 1.68. The number of ether oxygens (including phenoxy) is 1. The molecule has 2 aliphatic heterocycles. The lowest BCUT2D eigenvalue weighted by atomic mass is 9.94. The normalized spacial score (nSPS) is 24.0. The van der Waals surface area contributed by atoms with E-state index in [4.69, 9.17) is 4.74 Å². The number of rotatable bonds is 5. The molecule has 4 rings (SSSR count). The quantitative estimate of drug-likeness (QED) is 0.692. The van der Waals surface area contributed by atoms with Crippen LogP contribution in [0.4, 0.5) is 0 Å². The molecule has 2 aromatic carbocycles. The molecular weight excluding hydrogens is 454 g/mol. The van der Waals surface area contributed by atoms with E-state index in [1.165, 1.54) is 0 Å². The third-order valence-electron chi connectivity index (χ3n) is 7.73. The maximum absolute atomic E-state index is 13.9. The highest BCUT2D eigenvalue weighted by Crippen LogP contribution is 2.31. The van der Waals surface area contributed by atoms with E-state index in [0.29, 0.717) is 25.3 Å². The van der Waals surface area contributed by atoms with Gasteiger partial charge in [0.05, 0.1) is 31.4 Å². The summed E-state index contributed by atoms with van der Waals surface area (Å²) in [5.74, 6) is -0.0482. The van der Waals surface area contributed by atoms with E-state index in [-0.39, 0.29) is 42.5 Å². The zero-order valence-electron chi connectivity index (χ0n) is 21.9. The summed E-state index contributed by atoms with van der Waals surface area (Å²) in [5.41, 5.74) is 3.44. The third-order valence-corrected chi connectivity index (χ3v) is 7.73. The Bertz CT molecular complexity index is 1070. The number of nitrogens with zero attached hydrogens (tertiary/aromatic N) is 3. The molecule has 2 aliphatic rings. The number of benzene rings is 2. The standard InChI is InChI=1S/C29H39N3O4/c1-20-16-32(21(2)18-33)28(34)25-13-8-7-12-24(25)23-11-6-5-10-22(23)19-36-27(20)17-31(4)29(35)26-14-9-15-30(26)3/h5-8,10-13,20-21,26-27,33H,9,14-19H2,1-4H3/t20-,21+,26-,27+/m0/s1. The summed E-state index contributed by atoms with van der Waals surface area (Å²) in [6, 6.07) is 15.2. The van der Waals surface area contributed by atoms with Gasteiger partial charge in [0.25, 0.3) is 5.91 Å². The first-order valence-corrected chi connectivity index (χ1v) is 13.0. The molecule has 7 nitrogen and oxygen atoms in total. The second-order valence-corrected chi connectivity index (χ2v) is 10.4. The molecule has 2 amide bonds. The van der Waals surface area contributed by atoms with Crippen LogP contribution in [0, 0.1) is 5.92 Å². The minimum atomic E-state index is -0.351. The predicted molar refractivity (Wildman–Crippen MR) is 140 cm³/mol. The van der Waals surface area contributed by atoms with Crippen LogP contribution in [0.3, 0.4) is 0 Å². The molecule has 36 heavy (non-hydrogen) atoms. The highest BCUT2D eigenvalue weighted by Gasteiger charge is 2.34. The smallest absolute Gasteiger partial charge is 0.254 e. The molecule has 2 heterocycles. The van der Waals surface area contributed by atoms with Crippen LogP contribution in [0.25, 0.3) is 11.1 Å². The molecule has 7 heteroatoms. The summed E-state index contributed by atoms with van der Waals surface area (Å²) < 4.78 is 6.53. The first kappa shape index (κ1) is 26.3. The molecular formula is C29H39N3O4. The monoisotopic (exact) mass is 493 g/mol. The lowest BCUT2D eigenvalue weighted by Gasteiger charge is -2.35. The van der Waals surface area contributed by atoms with Crippen molar-refractivity contribution in [3.05, 3.63) is 59.7 Å². The first-order valence-electron chi connectivity index (χ1n) is 13.0. The molecule has 0 aromatic heterocycles. The second kappa shape index (κ2) is 11.5. The van der Waals surface area contributed by atoms with Crippen molar-refractivity contribution in [1.29, 1.82) is 0 Å². The zero-order valence-corrected chi connectivity index (χ0v) is 21.9. The van der Waals surface area contributed by atoms with Gasteiger partial charge in [-0.3, -0.25) is 14.5 Å². The van der Waals surface area contributed by atoms with Crippen molar-refractivity contribution in [2.45, 2.75) is 51.5 Å². The molecule has 1 N–H and O–H groups in total. The van der Waals surface area contributed by atoms with Crippen LogP contribution in [0.1, 0.15) is 42.6 Å². The van der Waals surface area contributed by atoms with Crippen LogP contribution in [0.2, 0.25) is 0 Å². The first-order chi connectivity index (χ1) is 17.3. The topological polar surface area (TPSA) is 73.3 Å². The summed E-state index contributed by atoms with van der Waals surface area (Å²) in [7, 11) is 3.85. The maximum Gasteiger partial charge on any atom is 0.254 e. The molecule has 4 atom stereocenters. The van der Waals surface area contributed by atoms with Gasteiger partial charge < -0.3 is 19.6 Å². The highest BCUT2D eigenvalue weighted by molar-refractivity contribution is 6.01. The highest BCUT2D eigenvalue weighted by atomic mass is 16.5. The Hall–Kier alpha value is -2.74. The largest absolute Gasteiger partial charge is 0.394 e. The molecule has 0 aliphatic carbocycles. The number of amides is 2. The Labute approximate surface area is 214 Å². The molecule has 0 radical (unpaired) electrons. The van der Waals surface area contributed by atoms with Gasteiger partial charge in [0.2, 0.25) is 5.91 Å². The Morgan fingerprint density at radius 3 is 2.47 bits per heavy atom. The lowest BCUT2D eigenvalue weighted by Crippen LogP contribution is -2.49. The Morgan fingerprint density at radius 1 is 1.14 bits per heavy atom. The van der Waals surface area contributed by atoms with E-state index >= 15 is 0 Å². The third kappa shape index (κ3) is 5.48. The maximum atomic E-state index is 13.9. The van der Waals surface area contributed by atoms with E-state index in [0.717, 1.165) is 36.1 Å². The molecule has 0 saturated carbocycles. The summed E-state index contributed by atoms with van der Waals surface area (Å²) in [4.78, 5) is 32.8. The fourth-order valence-electron chi connectivity index (χ4n) is 5.39. The van der Waals surface area contributed by atoms with Gasteiger partial charge in [-0.1, -0.05) is 49.4 Å². The van der Waals surface area contributed by atoms with Crippen molar-refractivity contribution >= 4 is 11.8 Å². The number of fused-ring (bicyclic) bond motifs is 3. The number of likely N-dealkylation sites (N-methyl/N-ethyl adjacent to an activating group) is 2. The average molecular weight is 494 g/mol. The molecule has 0 spiro atoms. The molecule has 1 saturated heterocycles. The van der Waals surface area contributed by atoms with E-state index < -0.39 is 0 Å². The van der Waals surface area contributed by atoms with Crippen LogP contribution < -0.4 is 0 Å². The van der Waals surface area contributed by atoms with E-state index in [9.17, 15) is 14.7 Å². The van der Waals surface area contributed by atoms with Crippen molar-refractivity contribution < 1.29 is 19.4 Å². The summed E-state index contributed by atoms with van der Waals surface area (Å²) >= 11 is 0. The fraction of sp³-hybridized carbons (Fsp3) is 0.517. The Kier molecular flexibility index (Phi) is 8.44. The van der Waals surface area contributed by atoms with Gasteiger partial charge in [0.15, 0.2) is 0 Å². The molecule has 2 aromatic rings. The number of hydrogen-bond donors (Lipinski definition) is 1. The summed E-state index contributed by atoms with van der Waals surface area (Å²) in [5, 5.41) is 9.99. The number of hydrogen-bond acceptors (Lipinski definition) is 5. The van der Waals surface area contributed by atoms with E-state index in [1.54, 1.807) is 9.80 Å². The van der Waals surface area contributed by atoms with Gasteiger partial charge in [-0.15, -0.1) is 0 Å². The Morgan fingerprint density at radius 2 is 1.81 bits per heavy atom. The number of aliphatic hydroxyl groups excluding tert-OH is 1. The SMILES string of the molecule is C[C@H](CO)N1C[C@H](C)[C@@H](CN(C)C(=O)[C@@H]2CCCN2C)OCc2ccccc2-c2ccccc2C1=O. The van der Waals surface area contributed by atoms with Gasteiger partial charge in [-0.05, 0) is 56.1 Å². The molecule has 1 fully saturated rings. The van der Waals surface area contributed by atoms with Crippen LogP contribution in [-0.4, -0.2) is 90.1 Å². The van der Waals surface area contributed by atoms with Crippen molar-refractivity contribution in [3.8, 4) is 11.1 Å². The van der Waals surface area contributed by atoms with E-state index in [1.807, 2.05) is 69.6 Å². The predicted octanol–water partition coefficient (Wildman–Crippen LogP) is 3.26. The van der Waals surface area contributed by atoms with Crippen LogP contribution in [-0.2, 0) is 16.1 Å². The molecule has 194 valence electrons. The van der Waals surface area contributed by atoms with Crippen molar-refractivity contribution in [3.63, 3.8) is 0 Å². The van der Waals surface area contributed by atoms with Crippen molar-refractivity contribution in [1.82, 2.24) is 14.7 Å². The number of carbonyl (C=O) groups is 2. The minimum absolute atomic E-state index is 0.0584. The average Bonchev–Trinajstić information content (AvgIpc) is 3.33. The zero-order chi connectivity index (χ0) is 25.8. The van der Waals surface area contributed by atoms with Crippen molar-refractivity contribution in [2.24, 2.45) is 5.92 Å². The van der Waals surface area contributed by atoms with Gasteiger partial charge in [-0.2, -0.15) is 0 Å². The number of likely N-dealkylation sites (tertiary alicyclic amines) is 1. The van der Waals surface area contributed by atoms with Gasteiger partial charge in [-0.25, -0.2) is 0 Å². The number of aliphatic hydroxyl groups is 1. The number of carbonyl (C=O) groups excluding carboxylic acids is 2. The summed E-state index contributed by atoms with van der Waals surface area (Å²) in [6.45, 7) is 5.97. The summed E-state index contributed by atoms with van der Waals surface area (Å²) in [6.07, 6.45) is 1.63. The molecule has 0 unspecified atom stereocenters.